The molecule has 0 heterocycles. The Kier molecular flexibility index (Phi) is 6.90. The Morgan fingerprint density at radius 2 is 1.81 bits per heavy atom. The van der Waals surface area contributed by atoms with Gasteiger partial charge in [0, 0.05) is 6.54 Å². The minimum atomic E-state index is -0.831. The minimum Gasteiger partial charge on any atom is -0.481 e. The van der Waals surface area contributed by atoms with E-state index in [0.29, 0.717) is 12.5 Å². The number of nitrogens with zero attached hydrogens (tertiary/aromatic N) is 2. The van der Waals surface area contributed by atoms with Gasteiger partial charge in [-0.3, -0.25) is 9.69 Å². The number of hydrogen-bond acceptors (Lipinski definition) is 3. The van der Waals surface area contributed by atoms with Crippen molar-refractivity contribution in [3.05, 3.63) is 35.4 Å². The molecule has 0 bridgehead atoms. The van der Waals surface area contributed by atoms with Crippen molar-refractivity contribution in [2.24, 2.45) is 0 Å². The van der Waals surface area contributed by atoms with Crippen molar-refractivity contribution in [2.45, 2.75) is 45.6 Å². The number of carboxylic acids is 1. The molecule has 0 fully saturated rings. The molecule has 1 rings (SSSR count). The number of carboxylic acid groups (broad SMARTS) is 1. The molecule has 0 aliphatic heterocycles. The summed E-state index contributed by atoms with van der Waals surface area (Å²) in [6.45, 7) is 7.41. The highest BCUT2D eigenvalue weighted by Crippen LogP contribution is 2.23. The Bertz CT molecular complexity index is 489. The van der Waals surface area contributed by atoms with Crippen molar-refractivity contribution in [3.8, 4) is 6.07 Å². The molecule has 1 unspecified atom stereocenters. The van der Waals surface area contributed by atoms with Crippen LogP contribution in [0.5, 0.6) is 0 Å². The summed E-state index contributed by atoms with van der Waals surface area (Å²) in [5.74, 6) is -0.374. The van der Waals surface area contributed by atoms with Gasteiger partial charge in [0.15, 0.2) is 0 Å². The summed E-state index contributed by atoms with van der Waals surface area (Å²) in [5, 5.41) is 18.3. The number of nitriles is 1. The van der Waals surface area contributed by atoms with Crippen LogP contribution in [0.3, 0.4) is 0 Å². The Hall–Kier alpha value is -1.86. The average molecular weight is 288 g/mol. The van der Waals surface area contributed by atoms with Gasteiger partial charge in [0.05, 0.1) is 12.5 Å². The molecule has 0 saturated heterocycles. The number of carbonyl (C=O) groups is 1. The Labute approximate surface area is 127 Å². The fourth-order valence-corrected chi connectivity index (χ4v) is 2.33. The van der Waals surface area contributed by atoms with Crippen LogP contribution in [0, 0.1) is 11.3 Å². The molecule has 0 spiro atoms. The highest BCUT2D eigenvalue weighted by molar-refractivity contribution is 5.66. The monoisotopic (exact) mass is 288 g/mol. The lowest BCUT2D eigenvalue weighted by molar-refractivity contribution is -0.137. The third-order valence-corrected chi connectivity index (χ3v) is 3.53. The summed E-state index contributed by atoms with van der Waals surface area (Å²) in [4.78, 5) is 12.7. The summed E-state index contributed by atoms with van der Waals surface area (Å²) in [6.07, 6.45) is 0.949. The van der Waals surface area contributed by atoms with Gasteiger partial charge < -0.3 is 5.11 Å². The second kappa shape index (κ2) is 8.43. The van der Waals surface area contributed by atoms with Gasteiger partial charge in [0.1, 0.15) is 6.04 Å². The predicted molar refractivity (Wildman–Crippen MR) is 83.0 cm³/mol. The summed E-state index contributed by atoms with van der Waals surface area (Å²) in [5.41, 5.74) is 2.17. The Morgan fingerprint density at radius 3 is 2.24 bits per heavy atom. The van der Waals surface area contributed by atoms with Gasteiger partial charge in [0.2, 0.25) is 0 Å². The van der Waals surface area contributed by atoms with Gasteiger partial charge in [-0.25, -0.2) is 0 Å². The van der Waals surface area contributed by atoms with Gasteiger partial charge in [-0.1, -0.05) is 45.0 Å². The molecular formula is C17H24N2O2. The second-order valence-electron chi connectivity index (χ2n) is 5.53. The summed E-state index contributed by atoms with van der Waals surface area (Å²) in [6, 6.07) is 9.98. The van der Waals surface area contributed by atoms with Crippen LogP contribution in [0.1, 0.15) is 56.7 Å². The number of aliphatic carboxylic acids is 1. The molecule has 1 aromatic carbocycles. The number of rotatable bonds is 8. The first-order valence-corrected chi connectivity index (χ1v) is 7.44. The fourth-order valence-electron chi connectivity index (χ4n) is 2.33. The van der Waals surface area contributed by atoms with Crippen LogP contribution in [-0.2, 0) is 4.79 Å². The summed E-state index contributed by atoms with van der Waals surface area (Å²) >= 11 is 0. The van der Waals surface area contributed by atoms with Crippen molar-refractivity contribution in [2.75, 3.05) is 13.1 Å². The molecule has 1 atom stereocenters. The molecule has 0 amide bonds. The molecule has 0 radical (unpaired) electrons. The van der Waals surface area contributed by atoms with E-state index in [0.717, 1.165) is 18.5 Å². The summed E-state index contributed by atoms with van der Waals surface area (Å²) in [7, 11) is 0. The van der Waals surface area contributed by atoms with Crippen molar-refractivity contribution < 1.29 is 9.90 Å². The van der Waals surface area contributed by atoms with E-state index in [-0.39, 0.29) is 12.5 Å². The SMILES string of the molecule is CCCN(CCC(=O)O)C(C#N)c1ccc(C(C)C)cc1. The second-order valence-corrected chi connectivity index (χ2v) is 5.53. The lowest BCUT2D eigenvalue weighted by Gasteiger charge is -2.26. The van der Waals surface area contributed by atoms with Crippen LogP contribution in [0.25, 0.3) is 0 Å². The van der Waals surface area contributed by atoms with Gasteiger partial charge in [0.25, 0.3) is 0 Å². The van der Waals surface area contributed by atoms with Crippen LogP contribution in [0.2, 0.25) is 0 Å². The zero-order chi connectivity index (χ0) is 15.8. The molecule has 0 aromatic heterocycles. The van der Waals surface area contributed by atoms with Crippen molar-refractivity contribution >= 4 is 5.97 Å². The molecule has 1 N–H and O–H groups in total. The zero-order valence-corrected chi connectivity index (χ0v) is 13.0. The fraction of sp³-hybridized carbons (Fsp3) is 0.529. The van der Waals surface area contributed by atoms with Crippen LogP contribution in [-0.4, -0.2) is 29.1 Å². The van der Waals surface area contributed by atoms with E-state index in [1.807, 2.05) is 36.1 Å². The highest BCUT2D eigenvalue weighted by Gasteiger charge is 2.20. The van der Waals surface area contributed by atoms with Crippen LogP contribution >= 0.6 is 0 Å². The van der Waals surface area contributed by atoms with Crippen LogP contribution < -0.4 is 0 Å². The molecule has 0 aliphatic rings. The number of hydrogen-bond donors (Lipinski definition) is 1. The first kappa shape index (κ1) is 17.2. The summed E-state index contributed by atoms with van der Waals surface area (Å²) < 4.78 is 0. The first-order chi connectivity index (χ1) is 9.99. The largest absolute Gasteiger partial charge is 0.481 e. The molecular weight excluding hydrogens is 264 g/mol. The van der Waals surface area contributed by atoms with Gasteiger partial charge in [-0.15, -0.1) is 0 Å². The third-order valence-electron chi connectivity index (χ3n) is 3.53. The van der Waals surface area contributed by atoms with Crippen LogP contribution in [0.4, 0.5) is 0 Å². The van der Waals surface area contributed by atoms with Crippen molar-refractivity contribution in [3.63, 3.8) is 0 Å². The standard InChI is InChI=1S/C17H24N2O2/c1-4-10-19(11-9-17(20)21)16(12-18)15-7-5-14(6-8-15)13(2)3/h5-8,13,16H,4,9-11H2,1-3H3,(H,20,21). The molecule has 1 aromatic rings. The smallest absolute Gasteiger partial charge is 0.304 e. The van der Waals surface area contributed by atoms with Crippen molar-refractivity contribution in [1.29, 1.82) is 5.26 Å². The Morgan fingerprint density at radius 1 is 1.24 bits per heavy atom. The van der Waals surface area contributed by atoms with E-state index in [9.17, 15) is 10.1 Å². The molecule has 0 saturated carbocycles. The number of benzene rings is 1. The molecule has 4 heteroatoms. The minimum absolute atomic E-state index is 0.0578. The van der Waals surface area contributed by atoms with E-state index in [1.165, 1.54) is 5.56 Å². The van der Waals surface area contributed by atoms with E-state index in [1.54, 1.807) is 0 Å². The normalized spacial score (nSPS) is 12.4. The molecule has 21 heavy (non-hydrogen) atoms. The van der Waals surface area contributed by atoms with Crippen LogP contribution in [0.15, 0.2) is 24.3 Å². The van der Waals surface area contributed by atoms with E-state index < -0.39 is 5.97 Å². The maximum absolute atomic E-state index is 10.8. The van der Waals surface area contributed by atoms with Gasteiger partial charge in [-0.2, -0.15) is 5.26 Å². The maximum Gasteiger partial charge on any atom is 0.304 e. The van der Waals surface area contributed by atoms with Gasteiger partial charge in [-0.05, 0) is 30.0 Å². The predicted octanol–water partition coefficient (Wildman–Crippen LogP) is 3.56. The first-order valence-electron chi connectivity index (χ1n) is 7.44. The Balaban J connectivity index is 2.91. The van der Waals surface area contributed by atoms with Crippen molar-refractivity contribution in [1.82, 2.24) is 4.90 Å². The molecule has 114 valence electrons. The quantitative estimate of drug-likeness (QED) is 0.794. The van der Waals surface area contributed by atoms with E-state index in [4.69, 9.17) is 5.11 Å². The lowest BCUT2D eigenvalue weighted by atomic mass is 9.98. The van der Waals surface area contributed by atoms with E-state index >= 15 is 0 Å². The lowest BCUT2D eigenvalue weighted by Crippen LogP contribution is -2.31. The zero-order valence-electron chi connectivity index (χ0n) is 13.0. The van der Waals surface area contributed by atoms with Gasteiger partial charge >= 0.3 is 5.97 Å². The third kappa shape index (κ3) is 5.20. The average Bonchev–Trinajstić information content (AvgIpc) is 2.46. The highest BCUT2D eigenvalue weighted by atomic mass is 16.4. The van der Waals surface area contributed by atoms with E-state index in [2.05, 4.69) is 19.9 Å². The maximum atomic E-state index is 10.8. The topological polar surface area (TPSA) is 64.3 Å². The molecule has 0 aliphatic carbocycles. The molecule has 4 nitrogen and oxygen atoms in total.